The lowest BCUT2D eigenvalue weighted by molar-refractivity contribution is 0.0936. The van der Waals surface area contributed by atoms with Crippen molar-refractivity contribution in [3.8, 4) is 0 Å². The molecule has 2 heterocycles. The Hall–Kier alpha value is -1.88. The Balaban J connectivity index is 2.00. The smallest absolute Gasteiger partial charge is 0.254 e. The maximum atomic E-state index is 12.2. The first-order valence-corrected chi connectivity index (χ1v) is 7.62. The molecule has 0 aliphatic heterocycles. The Bertz CT molecular complexity index is 574. The Kier molecular flexibility index (Phi) is 5.12. The maximum absolute atomic E-state index is 12.2. The summed E-state index contributed by atoms with van der Waals surface area (Å²) in [4.78, 5) is 20.5. The van der Waals surface area contributed by atoms with Gasteiger partial charge in [0.05, 0.1) is 5.56 Å². The molecule has 5 heteroatoms. The van der Waals surface area contributed by atoms with Crippen LogP contribution in [-0.2, 0) is 6.42 Å². The van der Waals surface area contributed by atoms with Crippen molar-refractivity contribution in [3.05, 3.63) is 54.0 Å². The van der Waals surface area contributed by atoms with Crippen molar-refractivity contribution in [1.82, 2.24) is 15.3 Å². The van der Waals surface area contributed by atoms with Gasteiger partial charge >= 0.3 is 0 Å². The van der Waals surface area contributed by atoms with Gasteiger partial charge in [0.1, 0.15) is 5.03 Å². The second-order valence-electron chi connectivity index (χ2n) is 4.50. The van der Waals surface area contributed by atoms with Gasteiger partial charge in [-0.1, -0.05) is 6.07 Å². The highest BCUT2D eigenvalue weighted by atomic mass is 32.2. The lowest BCUT2D eigenvalue weighted by Gasteiger charge is -2.14. The topological polar surface area (TPSA) is 54.9 Å². The van der Waals surface area contributed by atoms with E-state index in [1.165, 1.54) is 11.8 Å². The fourth-order valence-electron chi connectivity index (χ4n) is 1.95. The van der Waals surface area contributed by atoms with Crippen molar-refractivity contribution in [1.29, 1.82) is 0 Å². The lowest BCUT2D eigenvalue weighted by Crippen LogP contribution is -2.34. The first-order valence-electron chi connectivity index (χ1n) is 6.39. The van der Waals surface area contributed by atoms with Gasteiger partial charge < -0.3 is 5.32 Å². The molecule has 0 aromatic carbocycles. The quantitative estimate of drug-likeness (QED) is 0.859. The van der Waals surface area contributed by atoms with Gasteiger partial charge in [0.25, 0.3) is 5.91 Å². The van der Waals surface area contributed by atoms with Crippen LogP contribution in [0.1, 0.15) is 22.8 Å². The fraction of sp³-hybridized carbons (Fsp3) is 0.267. The van der Waals surface area contributed by atoms with Gasteiger partial charge in [-0.05, 0) is 43.4 Å². The van der Waals surface area contributed by atoms with E-state index in [0.717, 1.165) is 17.0 Å². The molecule has 20 heavy (non-hydrogen) atoms. The molecule has 0 spiro atoms. The summed E-state index contributed by atoms with van der Waals surface area (Å²) in [5, 5.41) is 3.75. The number of pyridine rings is 2. The monoisotopic (exact) mass is 287 g/mol. The van der Waals surface area contributed by atoms with Gasteiger partial charge in [-0.15, -0.1) is 11.8 Å². The second kappa shape index (κ2) is 7.05. The minimum Gasteiger partial charge on any atom is -0.349 e. The van der Waals surface area contributed by atoms with Crippen LogP contribution in [0.2, 0.25) is 0 Å². The summed E-state index contributed by atoms with van der Waals surface area (Å²) in [6.45, 7) is 1.99. The molecular weight excluding hydrogens is 270 g/mol. The Morgan fingerprint density at radius 2 is 2.15 bits per heavy atom. The van der Waals surface area contributed by atoms with Crippen LogP contribution < -0.4 is 5.32 Å². The van der Waals surface area contributed by atoms with Gasteiger partial charge in [0.15, 0.2) is 0 Å². The molecule has 0 aliphatic rings. The van der Waals surface area contributed by atoms with E-state index >= 15 is 0 Å². The van der Waals surface area contributed by atoms with Crippen LogP contribution in [0.4, 0.5) is 0 Å². The van der Waals surface area contributed by atoms with E-state index in [0.29, 0.717) is 5.56 Å². The molecule has 4 nitrogen and oxygen atoms in total. The van der Waals surface area contributed by atoms with E-state index in [-0.39, 0.29) is 11.9 Å². The standard InChI is InChI=1S/C15H17N3OS/c1-11(9-12-5-3-7-16-10-12)18-14(19)13-6-4-8-17-15(13)20-2/h3-8,10-11H,9H2,1-2H3,(H,18,19)/t11-/m0/s1. The van der Waals surface area contributed by atoms with Gasteiger partial charge in [-0.2, -0.15) is 0 Å². The van der Waals surface area contributed by atoms with Crippen molar-refractivity contribution in [2.75, 3.05) is 6.26 Å². The number of hydrogen-bond acceptors (Lipinski definition) is 4. The number of aromatic nitrogens is 2. The summed E-state index contributed by atoms with van der Waals surface area (Å²) < 4.78 is 0. The zero-order chi connectivity index (χ0) is 14.4. The zero-order valence-corrected chi connectivity index (χ0v) is 12.4. The lowest BCUT2D eigenvalue weighted by atomic mass is 10.1. The molecule has 1 N–H and O–H groups in total. The summed E-state index contributed by atoms with van der Waals surface area (Å²) >= 11 is 1.47. The minimum atomic E-state index is -0.0844. The fourth-order valence-corrected chi connectivity index (χ4v) is 2.50. The Morgan fingerprint density at radius 3 is 2.85 bits per heavy atom. The predicted molar refractivity (Wildman–Crippen MR) is 80.9 cm³/mol. The molecule has 0 fully saturated rings. The van der Waals surface area contributed by atoms with E-state index in [1.54, 1.807) is 24.5 Å². The van der Waals surface area contributed by atoms with Crippen LogP contribution in [0.15, 0.2) is 47.9 Å². The van der Waals surface area contributed by atoms with Gasteiger partial charge in [0.2, 0.25) is 0 Å². The molecule has 2 rings (SSSR count). The number of thioether (sulfide) groups is 1. The van der Waals surface area contributed by atoms with E-state index in [4.69, 9.17) is 0 Å². The van der Waals surface area contributed by atoms with Crippen molar-refractivity contribution in [2.24, 2.45) is 0 Å². The van der Waals surface area contributed by atoms with E-state index < -0.39 is 0 Å². The highest BCUT2D eigenvalue weighted by molar-refractivity contribution is 7.98. The SMILES string of the molecule is CSc1ncccc1C(=O)N[C@@H](C)Cc1cccnc1. The van der Waals surface area contributed by atoms with Gasteiger partial charge in [-0.3, -0.25) is 9.78 Å². The Labute approximate surface area is 123 Å². The molecule has 0 aliphatic carbocycles. The van der Waals surface area contributed by atoms with Gasteiger partial charge in [-0.25, -0.2) is 4.98 Å². The van der Waals surface area contributed by atoms with Crippen LogP contribution >= 0.6 is 11.8 Å². The van der Waals surface area contributed by atoms with Crippen LogP contribution in [0.5, 0.6) is 0 Å². The molecule has 0 unspecified atom stereocenters. The summed E-state index contributed by atoms with van der Waals surface area (Å²) in [5.41, 5.74) is 1.73. The molecule has 0 bridgehead atoms. The third kappa shape index (κ3) is 3.81. The number of carbonyl (C=O) groups excluding carboxylic acids is 1. The number of rotatable bonds is 5. The zero-order valence-electron chi connectivity index (χ0n) is 11.5. The average molecular weight is 287 g/mol. The molecule has 2 aromatic heterocycles. The molecule has 0 saturated carbocycles. The normalized spacial score (nSPS) is 11.9. The number of nitrogens with one attached hydrogen (secondary N) is 1. The first-order chi connectivity index (χ1) is 9.70. The van der Waals surface area contributed by atoms with Crippen molar-refractivity contribution in [2.45, 2.75) is 24.4 Å². The molecule has 0 radical (unpaired) electrons. The molecule has 1 atom stereocenters. The van der Waals surface area contributed by atoms with Crippen molar-refractivity contribution < 1.29 is 4.79 Å². The number of nitrogens with zero attached hydrogens (tertiary/aromatic N) is 2. The highest BCUT2D eigenvalue weighted by Gasteiger charge is 2.14. The van der Waals surface area contributed by atoms with Crippen LogP contribution in [0, 0.1) is 0 Å². The molecule has 104 valence electrons. The van der Waals surface area contributed by atoms with E-state index in [9.17, 15) is 4.79 Å². The number of amides is 1. The Morgan fingerprint density at radius 1 is 1.35 bits per heavy atom. The highest BCUT2D eigenvalue weighted by Crippen LogP contribution is 2.16. The average Bonchev–Trinajstić information content (AvgIpc) is 2.48. The molecular formula is C15H17N3OS. The van der Waals surface area contributed by atoms with Crippen molar-refractivity contribution in [3.63, 3.8) is 0 Å². The first kappa shape index (κ1) is 14.5. The van der Waals surface area contributed by atoms with Crippen LogP contribution in [0.25, 0.3) is 0 Å². The molecule has 2 aromatic rings. The predicted octanol–water partition coefficient (Wildman–Crippen LogP) is 2.56. The maximum Gasteiger partial charge on any atom is 0.254 e. The van der Waals surface area contributed by atoms with E-state index in [2.05, 4.69) is 15.3 Å². The number of hydrogen-bond donors (Lipinski definition) is 1. The molecule has 0 saturated heterocycles. The number of carbonyl (C=O) groups is 1. The molecule has 1 amide bonds. The van der Waals surface area contributed by atoms with Crippen LogP contribution in [0.3, 0.4) is 0 Å². The summed E-state index contributed by atoms with van der Waals surface area (Å²) in [5.74, 6) is -0.0844. The largest absolute Gasteiger partial charge is 0.349 e. The summed E-state index contributed by atoms with van der Waals surface area (Å²) in [7, 11) is 0. The minimum absolute atomic E-state index is 0.0432. The second-order valence-corrected chi connectivity index (χ2v) is 5.30. The van der Waals surface area contributed by atoms with E-state index in [1.807, 2.05) is 31.5 Å². The third-order valence-electron chi connectivity index (χ3n) is 2.85. The third-order valence-corrected chi connectivity index (χ3v) is 3.56. The summed E-state index contributed by atoms with van der Waals surface area (Å²) in [6.07, 6.45) is 7.93. The van der Waals surface area contributed by atoms with Crippen molar-refractivity contribution >= 4 is 17.7 Å². The summed E-state index contributed by atoms with van der Waals surface area (Å²) in [6, 6.07) is 7.52. The van der Waals surface area contributed by atoms with Crippen LogP contribution in [-0.4, -0.2) is 28.2 Å². The van der Waals surface area contributed by atoms with Gasteiger partial charge in [0, 0.05) is 24.6 Å².